The fourth-order valence-corrected chi connectivity index (χ4v) is 2.53. The van der Waals surface area contributed by atoms with Crippen LogP contribution in [0.25, 0.3) is 21.7 Å². The summed E-state index contributed by atoms with van der Waals surface area (Å²) < 4.78 is 0. The molecule has 0 saturated heterocycles. The molecule has 2 nitrogen and oxygen atoms in total. The van der Waals surface area contributed by atoms with E-state index in [9.17, 15) is 0 Å². The first-order valence-electron chi connectivity index (χ1n) is 6.19. The summed E-state index contributed by atoms with van der Waals surface area (Å²) in [5.74, 6) is 0. The Morgan fingerprint density at radius 2 is 1.72 bits per heavy atom. The van der Waals surface area contributed by atoms with Crippen molar-refractivity contribution in [2.24, 2.45) is 0 Å². The van der Waals surface area contributed by atoms with Crippen LogP contribution >= 0.6 is 0 Å². The van der Waals surface area contributed by atoms with E-state index in [-0.39, 0.29) is 0 Å². The van der Waals surface area contributed by atoms with Crippen molar-refractivity contribution in [3.63, 3.8) is 0 Å². The van der Waals surface area contributed by atoms with Crippen LogP contribution in [-0.4, -0.2) is 12.0 Å². The number of fused-ring (bicyclic) bond motifs is 3. The van der Waals surface area contributed by atoms with Crippen LogP contribution in [0.1, 0.15) is 11.3 Å². The number of aryl methyl sites for hydroxylation is 1. The summed E-state index contributed by atoms with van der Waals surface area (Å²) in [7, 11) is 1.97. The van der Waals surface area contributed by atoms with Gasteiger partial charge in [-0.3, -0.25) is 4.98 Å². The zero-order valence-corrected chi connectivity index (χ0v) is 10.9. The van der Waals surface area contributed by atoms with Crippen molar-refractivity contribution >= 4 is 27.4 Å². The van der Waals surface area contributed by atoms with Crippen molar-refractivity contribution in [1.82, 2.24) is 4.98 Å². The molecule has 2 aromatic carbocycles. The Hall–Kier alpha value is -2.09. The van der Waals surface area contributed by atoms with Gasteiger partial charge in [-0.2, -0.15) is 0 Å². The molecule has 0 atom stereocenters. The summed E-state index contributed by atoms with van der Waals surface area (Å²) in [6, 6.07) is 12.7. The Labute approximate surface area is 107 Å². The number of hydrogen-bond donors (Lipinski definition) is 1. The van der Waals surface area contributed by atoms with E-state index in [4.69, 9.17) is 4.98 Å². The van der Waals surface area contributed by atoms with Gasteiger partial charge in [0.25, 0.3) is 0 Å². The number of benzene rings is 2. The summed E-state index contributed by atoms with van der Waals surface area (Å²) in [6.07, 6.45) is 0. The molecule has 1 N–H and O–H groups in total. The van der Waals surface area contributed by atoms with Gasteiger partial charge in [-0.25, -0.2) is 0 Å². The maximum absolute atomic E-state index is 4.77. The zero-order chi connectivity index (χ0) is 12.7. The molecule has 0 bridgehead atoms. The van der Waals surface area contributed by atoms with Crippen molar-refractivity contribution in [3.8, 4) is 0 Å². The highest BCUT2D eigenvalue weighted by Crippen LogP contribution is 2.32. The van der Waals surface area contributed by atoms with Gasteiger partial charge in [-0.1, -0.05) is 36.4 Å². The third kappa shape index (κ3) is 1.46. The third-order valence-corrected chi connectivity index (χ3v) is 3.62. The fraction of sp³-hybridized carbons (Fsp3) is 0.188. The SMILES string of the molecule is CNc1c(C)c(C)nc2c1ccc1ccccc12. The third-order valence-electron chi connectivity index (χ3n) is 3.62. The van der Waals surface area contributed by atoms with Gasteiger partial charge in [0.05, 0.1) is 5.52 Å². The van der Waals surface area contributed by atoms with Gasteiger partial charge in [0, 0.05) is 29.2 Å². The van der Waals surface area contributed by atoms with Crippen molar-refractivity contribution in [2.75, 3.05) is 12.4 Å². The minimum absolute atomic E-state index is 1.08. The van der Waals surface area contributed by atoms with Crippen molar-refractivity contribution in [3.05, 3.63) is 47.7 Å². The summed E-state index contributed by atoms with van der Waals surface area (Å²) in [4.78, 5) is 4.77. The van der Waals surface area contributed by atoms with Gasteiger partial charge in [0.15, 0.2) is 0 Å². The Morgan fingerprint density at radius 3 is 2.50 bits per heavy atom. The molecule has 0 fully saturated rings. The molecule has 2 heteroatoms. The summed E-state index contributed by atoms with van der Waals surface area (Å²) in [5.41, 5.74) is 4.58. The van der Waals surface area contributed by atoms with E-state index in [1.807, 2.05) is 7.05 Å². The van der Waals surface area contributed by atoms with Gasteiger partial charge in [0.1, 0.15) is 0 Å². The van der Waals surface area contributed by atoms with Crippen LogP contribution in [0.4, 0.5) is 5.69 Å². The maximum Gasteiger partial charge on any atom is 0.0804 e. The number of aromatic nitrogens is 1. The highest BCUT2D eigenvalue weighted by molar-refractivity contribution is 6.09. The zero-order valence-electron chi connectivity index (χ0n) is 10.9. The summed E-state index contributed by atoms with van der Waals surface area (Å²) >= 11 is 0. The molecule has 1 aromatic heterocycles. The van der Waals surface area contributed by atoms with E-state index in [1.54, 1.807) is 0 Å². The Morgan fingerprint density at radius 1 is 0.944 bits per heavy atom. The average Bonchev–Trinajstić information content (AvgIpc) is 2.40. The number of pyridine rings is 1. The van der Waals surface area contributed by atoms with E-state index < -0.39 is 0 Å². The van der Waals surface area contributed by atoms with Crippen LogP contribution < -0.4 is 5.32 Å². The number of nitrogens with one attached hydrogen (secondary N) is 1. The quantitative estimate of drug-likeness (QED) is 0.645. The first-order valence-corrected chi connectivity index (χ1v) is 6.19. The maximum atomic E-state index is 4.77. The van der Waals surface area contributed by atoms with Crippen LogP contribution in [0.15, 0.2) is 36.4 Å². The van der Waals surface area contributed by atoms with Crippen molar-refractivity contribution in [2.45, 2.75) is 13.8 Å². The van der Waals surface area contributed by atoms with Crippen LogP contribution in [-0.2, 0) is 0 Å². The second-order valence-corrected chi connectivity index (χ2v) is 4.63. The Balaban J connectivity index is 2.56. The van der Waals surface area contributed by atoms with Gasteiger partial charge < -0.3 is 5.32 Å². The minimum Gasteiger partial charge on any atom is -0.387 e. The molecule has 0 aliphatic rings. The molecule has 0 radical (unpaired) electrons. The second-order valence-electron chi connectivity index (χ2n) is 4.63. The predicted octanol–water partition coefficient (Wildman–Crippen LogP) is 4.05. The van der Waals surface area contributed by atoms with E-state index >= 15 is 0 Å². The largest absolute Gasteiger partial charge is 0.387 e. The lowest BCUT2D eigenvalue weighted by Crippen LogP contribution is -1.98. The van der Waals surface area contributed by atoms with Gasteiger partial charge in [0.2, 0.25) is 0 Å². The lowest BCUT2D eigenvalue weighted by molar-refractivity contribution is 1.20. The standard InChI is InChI=1S/C16H16N2/c1-10-11(2)18-16-13-7-5-4-6-12(13)8-9-14(16)15(10)17-3/h4-9H,1-3H3,(H,17,18). The molecule has 0 unspecified atom stereocenters. The normalized spacial score (nSPS) is 11.1. The first kappa shape index (κ1) is 11.0. The molecule has 18 heavy (non-hydrogen) atoms. The van der Waals surface area contributed by atoms with Gasteiger partial charge in [-0.15, -0.1) is 0 Å². The minimum atomic E-state index is 1.08. The molecule has 0 aliphatic carbocycles. The number of hydrogen-bond acceptors (Lipinski definition) is 2. The highest BCUT2D eigenvalue weighted by Gasteiger charge is 2.10. The Kier molecular flexibility index (Phi) is 2.44. The predicted molar refractivity (Wildman–Crippen MR) is 78.3 cm³/mol. The Bertz CT molecular complexity index is 745. The molecule has 0 saturated carbocycles. The molecule has 3 aromatic rings. The van der Waals surface area contributed by atoms with E-state index in [2.05, 4.69) is 55.6 Å². The molecule has 0 aliphatic heterocycles. The van der Waals surface area contributed by atoms with Gasteiger partial charge >= 0.3 is 0 Å². The smallest absolute Gasteiger partial charge is 0.0804 e. The number of rotatable bonds is 1. The van der Waals surface area contributed by atoms with Crippen LogP contribution in [0.3, 0.4) is 0 Å². The molecule has 3 rings (SSSR count). The van der Waals surface area contributed by atoms with Crippen LogP contribution in [0, 0.1) is 13.8 Å². The number of nitrogens with zero attached hydrogens (tertiary/aromatic N) is 1. The fourth-order valence-electron chi connectivity index (χ4n) is 2.53. The topological polar surface area (TPSA) is 24.9 Å². The second kappa shape index (κ2) is 3.98. The van der Waals surface area contributed by atoms with Crippen LogP contribution in [0.5, 0.6) is 0 Å². The van der Waals surface area contributed by atoms with E-state index in [0.717, 1.165) is 11.2 Å². The number of anilines is 1. The lowest BCUT2D eigenvalue weighted by atomic mass is 10.0. The average molecular weight is 236 g/mol. The summed E-state index contributed by atoms with van der Waals surface area (Å²) in [5, 5.41) is 6.95. The van der Waals surface area contributed by atoms with Crippen molar-refractivity contribution < 1.29 is 0 Å². The highest BCUT2D eigenvalue weighted by atomic mass is 14.8. The lowest BCUT2D eigenvalue weighted by Gasteiger charge is -2.13. The molecule has 90 valence electrons. The van der Waals surface area contributed by atoms with Crippen molar-refractivity contribution in [1.29, 1.82) is 0 Å². The van der Waals surface area contributed by atoms with E-state index in [0.29, 0.717) is 0 Å². The molecule has 0 spiro atoms. The summed E-state index contributed by atoms with van der Waals surface area (Å²) in [6.45, 7) is 4.18. The molecule has 0 amide bonds. The van der Waals surface area contributed by atoms with Gasteiger partial charge in [-0.05, 0) is 24.8 Å². The molecular weight excluding hydrogens is 220 g/mol. The van der Waals surface area contributed by atoms with Crippen LogP contribution in [0.2, 0.25) is 0 Å². The van der Waals surface area contributed by atoms with E-state index in [1.165, 1.54) is 27.4 Å². The molecular formula is C16H16N2. The monoisotopic (exact) mass is 236 g/mol. The molecule has 1 heterocycles. The first-order chi connectivity index (χ1) is 8.72.